The van der Waals surface area contributed by atoms with E-state index in [9.17, 15) is 71.5 Å². The molecular formula is C53H90O22. The van der Waals surface area contributed by atoms with E-state index in [2.05, 4.69) is 40.7 Å². The summed E-state index contributed by atoms with van der Waals surface area (Å²) in [5.74, 6) is -0.394. The van der Waals surface area contributed by atoms with Crippen LogP contribution >= 0.6 is 0 Å². The van der Waals surface area contributed by atoms with Gasteiger partial charge in [0, 0.05) is 0 Å². The molecule has 22 heteroatoms. The highest BCUT2D eigenvalue weighted by Crippen LogP contribution is 2.76. The van der Waals surface area contributed by atoms with E-state index < -0.39 is 172 Å². The van der Waals surface area contributed by atoms with E-state index in [1.165, 1.54) is 0 Å². The average Bonchev–Trinajstić information content (AvgIpc) is 3.89. The molecule has 22 nitrogen and oxygen atoms in total. The van der Waals surface area contributed by atoms with Crippen LogP contribution in [-0.2, 0) is 37.9 Å². The molecule has 0 unspecified atom stereocenters. The number of rotatable bonds is 16. The van der Waals surface area contributed by atoms with Gasteiger partial charge in [-0.1, -0.05) is 46.3 Å². The Bertz CT molecular complexity index is 1940. The first-order chi connectivity index (χ1) is 35.1. The average molecular weight is 1080 g/mol. The van der Waals surface area contributed by atoms with Crippen LogP contribution in [0.3, 0.4) is 0 Å². The van der Waals surface area contributed by atoms with Gasteiger partial charge in [0.1, 0.15) is 91.6 Å². The summed E-state index contributed by atoms with van der Waals surface area (Å²) in [6.07, 6.45) is -22.1. The zero-order chi connectivity index (χ0) is 55.1. The van der Waals surface area contributed by atoms with E-state index in [1.807, 2.05) is 20.8 Å². The van der Waals surface area contributed by atoms with Crippen molar-refractivity contribution < 1.29 is 109 Å². The number of aliphatic hydroxyl groups is 14. The van der Waals surface area contributed by atoms with Crippen LogP contribution in [0.5, 0.6) is 0 Å². The van der Waals surface area contributed by atoms with Gasteiger partial charge in [-0.25, -0.2) is 0 Å². The molecule has 0 spiro atoms. The summed E-state index contributed by atoms with van der Waals surface area (Å²) >= 11 is 0. The summed E-state index contributed by atoms with van der Waals surface area (Å²) in [7, 11) is 0. The molecule has 4 aliphatic carbocycles. The summed E-state index contributed by atoms with van der Waals surface area (Å²) in [4.78, 5) is 0. The molecule has 29 atom stereocenters. The highest BCUT2D eigenvalue weighted by molar-refractivity contribution is 5.20. The van der Waals surface area contributed by atoms with Crippen LogP contribution in [0, 0.1) is 45.3 Å². The van der Waals surface area contributed by atoms with Gasteiger partial charge in [-0.3, -0.25) is 0 Å². The van der Waals surface area contributed by atoms with E-state index in [1.54, 1.807) is 0 Å². The van der Waals surface area contributed by atoms with Gasteiger partial charge in [-0.2, -0.15) is 0 Å². The minimum atomic E-state index is -1.81. The second-order valence-electron chi connectivity index (χ2n) is 25.3. The molecule has 0 aromatic rings. The van der Waals surface area contributed by atoms with Gasteiger partial charge in [-0.15, -0.1) is 0 Å². The lowest BCUT2D eigenvalue weighted by Crippen LogP contribution is -2.68. The number of allylic oxidation sites excluding steroid dienone is 2. The van der Waals surface area contributed by atoms with Crippen LogP contribution in [0.1, 0.15) is 113 Å². The van der Waals surface area contributed by atoms with Gasteiger partial charge in [0.05, 0.1) is 44.2 Å². The van der Waals surface area contributed by atoms with Gasteiger partial charge in [0.2, 0.25) is 0 Å². The monoisotopic (exact) mass is 1080 g/mol. The summed E-state index contributed by atoms with van der Waals surface area (Å²) in [6, 6.07) is 0. The third-order valence-electron chi connectivity index (χ3n) is 20.5. The van der Waals surface area contributed by atoms with Gasteiger partial charge >= 0.3 is 0 Å². The van der Waals surface area contributed by atoms with Crippen LogP contribution in [0.4, 0.5) is 0 Å². The Morgan fingerprint density at radius 3 is 1.69 bits per heavy atom. The Balaban J connectivity index is 1.01. The highest BCUT2D eigenvalue weighted by atomic mass is 16.8. The molecule has 4 saturated carbocycles. The van der Waals surface area contributed by atoms with E-state index in [4.69, 9.17) is 37.9 Å². The first kappa shape index (κ1) is 60.0. The molecule has 4 heterocycles. The van der Waals surface area contributed by atoms with E-state index >= 15 is 0 Å². The van der Waals surface area contributed by atoms with Crippen molar-refractivity contribution in [2.45, 2.75) is 248 Å². The van der Waals surface area contributed by atoms with Crippen molar-refractivity contribution in [2.24, 2.45) is 45.3 Å². The maximum atomic E-state index is 12.8. The van der Waals surface area contributed by atoms with Crippen LogP contribution in [0.2, 0.25) is 0 Å². The molecule has 4 aliphatic heterocycles. The number of ether oxygens (including phenoxy) is 8. The fourth-order valence-corrected chi connectivity index (χ4v) is 16.1. The molecule has 8 fully saturated rings. The SMILES string of the molecule is CC(C)=CCC[C@@](C)(O[C@H]1O[C@@H](CO[C@H]2O[C@H](CO)[C@@H](O)[C@@H]2O)[C@H](O)[C@@H](O)[C@@H]1O)[C@@H]1CC[C@@]2(C)[C@H]1[C@@H](O)C[C@H]1[C@]3(C)CC[C@@H](O[C@@H]4O[C@H](CO)[C@@H](O)[C@H](O)[C@H]4O[C@@H]4O[C@H](CO)[C@@H](O)[C@H](O)[C@H]4O)C(C)(C)[C@H]3CC[C@@]12C. The van der Waals surface area contributed by atoms with E-state index in [0.29, 0.717) is 38.5 Å². The number of hydrogen-bond donors (Lipinski definition) is 14. The lowest BCUT2D eigenvalue weighted by molar-refractivity contribution is -0.378. The zero-order valence-electron chi connectivity index (χ0n) is 44.7. The summed E-state index contributed by atoms with van der Waals surface area (Å²) < 4.78 is 48.9. The largest absolute Gasteiger partial charge is 0.394 e. The van der Waals surface area contributed by atoms with Crippen LogP contribution in [0.15, 0.2) is 11.6 Å². The molecule has 75 heavy (non-hydrogen) atoms. The van der Waals surface area contributed by atoms with Crippen LogP contribution < -0.4 is 0 Å². The molecule has 0 radical (unpaired) electrons. The fraction of sp³-hybridized carbons (Fsp3) is 0.962. The summed E-state index contributed by atoms with van der Waals surface area (Å²) in [5, 5.41) is 151. The maximum absolute atomic E-state index is 12.8. The van der Waals surface area contributed by atoms with Gasteiger partial charge in [-0.05, 0) is 124 Å². The summed E-state index contributed by atoms with van der Waals surface area (Å²) in [6.45, 7) is 14.9. The van der Waals surface area contributed by atoms with Gasteiger partial charge in [0.25, 0.3) is 0 Å². The first-order valence-corrected chi connectivity index (χ1v) is 27.3. The van der Waals surface area contributed by atoms with E-state index in [0.717, 1.165) is 24.8 Å². The maximum Gasteiger partial charge on any atom is 0.187 e. The second kappa shape index (κ2) is 22.7. The van der Waals surface area contributed by atoms with Gasteiger partial charge < -0.3 is 109 Å². The third kappa shape index (κ3) is 10.5. The van der Waals surface area contributed by atoms with Crippen molar-refractivity contribution in [1.82, 2.24) is 0 Å². The predicted molar refractivity (Wildman–Crippen MR) is 260 cm³/mol. The van der Waals surface area contributed by atoms with Crippen molar-refractivity contribution >= 4 is 0 Å². The molecule has 4 saturated heterocycles. The smallest absolute Gasteiger partial charge is 0.187 e. The Kier molecular flexibility index (Phi) is 18.1. The highest BCUT2D eigenvalue weighted by Gasteiger charge is 2.72. The molecule has 8 rings (SSSR count). The van der Waals surface area contributed by atoms with E-state index in [-0.39, 0.29) is 34.5 Å². The lowest BCUT2D eigenvalue weighted by Gasteiger charge is -2.71. The second-order valence-corrected chi connectivity index (χ2v) is 25.3. The first-order valence-electron chi connectivity index (χ1n) is 27.3. The normalized spacial score (nSPS) is 52.6. The lowest BCUT2D eigenvalue weighted by atomic mass is 9.35. The standard InChI is InChI=1S/C53H90O22/c1-23(2)10-9-14-53(8,75-47-43(67)39(63)37(61)29(72-47)22-68-45-41(65)36(60)28(21-56)69-45)24-11-16-52(7)33(24)25(57)18-31-50(5)15-13-32(49(3,4)30(50)12-17-51(31,52)6)73-48-44(40(64)35(59)27(20-55)71-48)74-46-42(66)38(62)34(58)26(19-54)70-46/h10,24-48,54-67H,9,11-22H2,1-8H3/t24-,25+,26-,27-,28-,29+,30-,31+,32-,33-,34-,35-,36-,37+,38+,39-,40+,41+,42-,43+,44-,45+,46+,47-,48+,50-,51+,52+,53-/m1/s1. The molecule has 434 valence electrons. The Labute approximate surface area is 439 Å². The van der Waals surface area contributed by atoms with Crippen molar-refractivity contribution in [2.75, 3.05) is 26.4 Å². The molecule has 0 aromatic heterocycles. The molecular weight excluding hydrogens is 989 g/mol. The summed E-state index contributed by atoms with van der Waals surface area (Å²) in [5.41, 5.74) is -1.47. The minimum absolute atomic E-state index is 0.0508. The fourth-order valence-electron chi connectivity index (χ4n) is 16.1. The van der Waals surface area contributed by atoms with Crippen LogP contribution in [0.25, 0.3) is 0 Å². The molecule has 8 aliphatic rings. The topological polar surface area (TPSA) is 357 Å². The number of aliphatic hydroxyl groups excluding tert-OH is 14. The predicted octanol–water partition coefficient (Wildman–Crippen LogP) is -1.56. The van der Waals surface area contributed by atoms with Crippen molar-refractivity contribution in [3.63, 3.8) is 0 Å². The zero-order valence-corrected chi connectivity index (χ0v) is 44.7. The van der Waals surface area contributed by atoms with Crippen molar-refractivity contribution in [3.8, 4) is 0 Å². The minimum Gasteiger partial charge on any atom is -0.394 e. The van der Waals surface area contributed by atoms with Crippen LogP contribution in [-0.4, -0.2) is 232 Å². The van der Waals surface area contributed by atoms with Gasteiger partial charge in [0.15, 0.2) is 25.2 Å². The van der Waals surface area contributed by atoms with Crippen molar-refractivity contribution in [1.29, 1.82) is 0 Å². The van der Waals surface area contributed by atoms with Crippen molar-refractivity contribution in [3.05, 3.63) is 11.6 Å². The molecule has 14 N–H and O–H groups in total. The molecule has 0 amide bonds. The molecule has 0 aromatic carbocycles. The Morgan fingerprint density at radius 1 is 0.560 bits per heavy atom. The Hall–Kier alpha value is -1.14. The number of fused-ring (bicyclic) bond motifs is 5. The molecule has 0 bridgehead atoms. The quantitative estimate of drug-likeness (QED) is 0.0614. The Morgan fingerprint density at radius 2 is 1.08 bits per heavy atom. The third-order valence-corrected chi connectivity index (χ3v) is 20.5. The number of hydrogen-bond acceptors (Lipinski definition) is 22.